The third-order valence-corrected chi connectivity index (χ3v) is 0.972. The molecule has 0 bridgehead atoms. The summed E-state index contributed by atoms with van der Waals surface area (Å²) in [6, 6.07) is 0. The van der Waals surface area contributed by atoms with Gasteiger partial charge in [-0.1, -0.05) is 6.92 Å². The van der Waals surface area contributed by atoms with E-state index in [9.17, 15) is 0 Å². The van der Waals surface area contributed by atoms with Crippen LogP contribution in [-0.4, -0.2) is 45.1 Å². The molecule has 0 aliphatic carbocycles. The molecule has 0 aromatic rings. The molecule has 0 unspecified atom stereocenters. The zero-order valence-electron chi connectivity index (χ0n) is 8.18. The van der Waals surface area contributed by atoms with E-state index >= 15 is 0 Å². The molecule has 0 spiro atoms. The van der Waals surface area contributed by atoms with E-state index in [-0.39, 0.29) is 6.61 Å². The van der Waals surface area contributed by atoms with Gasteiger partial charge in [0.25, 0.3) is 0 Å². The third-order valence-electron chi connectivity index (χ3n) is 0.972. The largest absolute Gasteiger partial charge is 0.395 e. The van der Waals surface area contributed by atoms with Gasteiger partial charge in [0.05, 0.1) is 13.2 Å². The van der Waals surface area contributed by atoms with Crippen LogP contribution in [0.2, 0.25) is 0 Å². The van der Waals surface area contributed by atoms with Crippen LogP contribution in [0, 0.1) is 0 Å². The monoisotopic (exact) mass is 178 g/mol. The highest BCUT2D eigenvalue weighted by molar-refractivity contribution is 4.29. The van der Waals surface area contributed by atoms with Gasteiger partial charge in [0.2, 0.25) is 0 Å². The van der Waals surface area contributed by atoms with Gasteiger partial charge in [-0.15, -0.1) is 0 Å². The molecule has 0 radical (unpaired) electrons. The predicted octanol–water partition coefficient (Wildman–Crippen LogP) is -0.430. The van der Waals surface area contributed by atoms with Crippen LogP contribution in [0.1, 0.15) is 13.3 Å². The van der Waals surface area contributed by atoms with Crippen LogP contribution in [0.15, 0.2) is 0 Å². The smallest absolute Gasteiger partial charge is 0.0588 e. The first-order valence-electron chi connectivity index (χ1n) is 4.36. The van der Waals surface area contributed by atoms with E-state index < -0.39 is 0 Å². The molecule has 0 atom stereocenters. The van der Waals surface area contributed by atoms with E-state index in [0.717, 1.165) is 13.0 Å². The second kappa shape index (κ2) is 17.1. The van der Waals surface area contributed by atoms with Crippen molar-refractivity contribution in [3.63, 3.8) is 0 Å². The zero-order chi connectivity index (χ0) is 9.66. The molecular weight excluding hydrogens is 156 g/mol. The van der Waals surface area contributed by atoms with Crippen molar-refractivity contribution in [3.8, 4) is 0 Å². The third kappa shape index (κ3) is 22.5. The van der Waals surface area contributed by atoms with Crippen LogP contribution in [0.25, 0.3) is 0 Å². The maximum Gasteiger partial charge on any atom is 0.0588 e. The molecule has 0 rings (SSSR count). The molecule has 0 amide bonds. The standard InChI is InChI=1S/C5H13NO.C3H9NO/c1-2-4-7-5-3-6;1-4-2-3-5/h2-6H2,1H3;4-5H,2-3H2,1H3. The average Bonchev–Trinajstić information content (AvgIpc) is 2.08. The van der Waals surface area contributed by atoms with Gasteiger partial charge < -0.3 is 20.9 Å². The van der Waals surface area contributed by atoms with Crippen molar-refractivity contribution >= 4 is 0 Å². The number of ether oxygens (including phenoxy) is 1. The number of likely N-dealkylation sites (N-methyl/N-ethyl adjacent to an activating group) is 1. The van der Waals surface area contributed by atoms with Crippen LogP contribution in [-0.2, 0) is 4.74 Å². The van der Waals surface area contributed by atoms with E-state index in [1.54, 1.807) is 7.05 Å². The molecule has 0 aromatic carbocycles. The lowest BCUT2D eigenvalue weighted by Crippen LogP contribution is -2.10. The molecule has 0 saturated heterocycles. The Morgan fingerprint density at radius 1 is 1.42 bits per heavy atom. The Hall–Kier alpha value is -0.160. The second-order valence-electron chi connectivity index (χ2n) is 2.23. The van der Waals surface area contributed by atoms with Gasteiger partial charge in [-0.25, -0.2) is 0 Å². The Labute approximate surface area is 75.1 Å². The molecule has 0 fully saturated rings. The van der Waals surface area contributed by atoms with Gasteiger partial charge in [0.1, 0.15) is 0 Å². The minimum Gasteiger partial charge on any atom is -0.395 e. The lowest BCUT2D eigenvalue weighted by atomic mass is 10.5. The summed E-state index contributed by atoms with van der Waals surface area (Å²) in [7, 11) is 1.80. The van der Waals surface area contributed by atoms with Crippen molar-refractivity contribution in [2.24, 2.45) is 5.73 Å². The highest BCUT2D eigenvalue weighted by Gasteiger charge is 1.77. The minimum absolute atomic E-state index is 0.233. The summed E-state index contributed by atoms with van der Waals surface area (Å²) in [6.07, 6.45) is 1.08. The number of hydrogen-bond acceptors (Lipinski definition) is 4. The van der Waals surface area contributed by atoms with Crippen molar-refractivity contribution < 1.29 is 9.84 Å². The number of nitrogens with two attached hydrogens (primary N) is 1. The number of nitrogens with one attached hydrogen (secondary N) is 1. The first-order valence-corrected chi connectivity index (χ1v) is 4.36. The minimum atomic E-state index is 0.233. The number of rotatable bonds is 6. The fourth-order valence-corrected chi connectivity index (χ4v) is 0.442. The number of hydrogen-bond donors (Lipinski definition) is 3. The van der Waals surface area contributed by atoms with E-state index in [4.69, 9.17) is 15.6 Å². The normalized spacial score (nSPS) is 9.00. The van der Waals surface area contributed by atoms with Crippen LogP contribution in [0.3, 0.4) is 0 Å². The van der Waals surface area contributed by atoms with Gasteiger partial charge >= 0.3 is 0 Å². The summed E-state index contributed by atoms with van der Waals surface area (Å²) in [4.78, 5) is 0. The summed E-state index contributed by atoms with van der Waals surface area (Å²) in [5.41, 5.74) is 5.14. The average molecular weight is 178 g/mol. The van der Waals surface area contributed by atoms with Gasteiger partial charge in [0, 0.05) is 19.7 Å². The van der Waals surface area contributed by atoms with Crippen molar-refractivity contribution in [3.05, 3.63) is 0 Å². The number of aliphatic hydroxyl groups is 1. The van der Waals surface area contributed by atoms with Crippen molar-refractivity contribution in [2.45, 2.75) is 13.3 Å². The topological polar surface area (TPSA) is 67.5 Å². The SMILES string of the molecule is CCCOCCN.CNCCO. The molecule has 0 aliphatic heterocycles. The number of aliphatic hydroxyl groups excluding tert-OH is 1. The first kappa shape index (κ1) is 14.4. The van der Waals surface area contributed by atoms with Gasteiger partial charge in [-0.3, -0.25) is 0 Å². The maximum absolute atomic E-state index is 8.00. The second-order valence-corrected chi connectivity index (χ2v) is 2.23. The highest BCUT2D eigenvalue weighted by Crippen LogP contribution is 1.75. The van der Waals surface area contributed by atoms with Crippen molar-refractivity contribution in [1.82, 2.24) is 5.32 Å². The fraction of sp³-hybridized carbons (Fsp3) is 1.00. The maximum atomic E-state index is 8.00. The lowest BCUT2D eigenvalue weighted by Gasteiger charge is -1.95. The Morgan fingerprint density at radius 2 is 2.08 bits per heavy atom. The van der Waals surface area contributed by atoms with Crippen LogP contribution in [0.4, 0.5) is 0 Å². The Bertz CT molecular complexity index is 57.0. The molecule has 0 aliphatic rings. The first-order chi connectivity index (χ1) is 5.83. The summed E-state index contributed by atoms with van der Waals surface area (Å²) in [5.74, 6) is 0. The van der Waals surface area contributed by atoms with Gasteiger partial charge in [0.15, 0.2) is 0 Å². The summed E-state index contributed by atoms with van der Waals surface area (Å²) in [6.45, 7) is 5.19. The van der Waals surface area contributed by atoms with Crippen molar-refractivity contribution in [2.75, 3.05) is 40.0 Å². The molecule has 4 N–H and O–H groups in total. The quantitative estimate of drug-likeness (QED) is 0.483. The molecule has 0 aromatic heterocycles. The summed E-state index contributed by atoms with van der Waals surface area (Å²) < 4.78 is 5.01. The molecular formula is C8H22N2O2. The molecule has 4 heteroatoms. The van der Waals surface area contributed by atoms with E-state index in [0.29, 0.717) is 19.7 Å². The van der Waals surface area contributed by atoms with Gasteiger partial charge in [-0.2, -0.15) is 0 Å². The van der Waals surface area contributed by atoms with Crippen LogP contribution in [0.5, 0.6) is 0 Å². The molecule has 76 valence electrons. The Balaban J connectivity index is 0. The predicted molar refractivity (Wildman–Crippen MR) is 51.2 cm³/mol. The van der Waals surface area contributed by atoms with Crippen LogP contribution >= 0.6 is 0 Å². The van der Waals surface area contributed by atoms with E-state index in [1.807, 2.05) is 0 Å². The molecule has 12 heavy (non-hydrogen) atoms. The fourth-order valence-electron chi connectivity index (χ4n) is 0.442. The zero-order valence-corrected chi connectivity index (χ0v) is 8.18. The molecule has 0 heterocycles. The summed E-state index contributed by atoms with van der Waals surface area (Å²) >= 11 is 0. The highest BCUT2D eigenvalue weighted by atomic mass is 16.5. The lowest BCUT2D eigenvalue weighted by molar-refractivity contribution is 0.142. The molecule has 4 nitrogen and oxygen atoms in total. The molecule has 0 saturated carbocycles. The Kier molecular flexibility index (Phi) is 20.4. The van der Waals surface area contributed by atoms with Crippen LogP contribution < -0.4 is 11.1 Å². The van der Waals surface area contributed by atoms with Crippen molar-refractivity contribution in [1.29, 1.82) is 0 Å². The Morgan fingerprint density at radius 3 is 2.33 bits per heavy atom. The van der Waals surface area contributed by atoms with E-state index in [1.165, 1.54) is 0 Å². The van der Waals surface area contributed by atoms with Gasteiger partial charge in [-0.05, 0) is 13.5 Å². The summed E-state index contributed by atoms with van der Waals surface area (Å²) in [5, 5.41) is 10.8. The van der Waals surface area contributed by atoms with E-state index in [2.05, 4.69) is 12.2 Å².